The van der Waals surface area contributed by atoms with E-state index < -0.39 is 11.7 Å². The lowest BCUT2D eigenvalue weighted by Crippen LogP contribution is -2.04. The van der Waals surface area contributed by atoms with Crippen LogP contribution in [-0.2, 0) is 15.8 Å². The fourth-order valence-corrected chi connectivity index (χ4v) is 3.59. The van der Waals surface area contributed by atoms with Crippen LogP contribution in [0.15, 0.2) is 60.1 Å². The van der Waals surface area contributed by atoms with Gasteiger partial charge < -0.3 is 0 Å². The highest BCUT2D eigenvalue weighted by Gasteiger charge is 2.30. The first-order valence-corrected chi connectivity index (χ1v) is 9.56. The van der Waals surface area contributed by atoms with Crippen LogP contribution in [0.2, 0.25) is 0 Å². The molecule has 2 heterocycles. The molecule has 0 aliphatic carbocycles. The van der Waals surface area contributed by atoms with Crippen LogP contribution in [-0.4, -0.2) is 20.9 Å². The van der Waals surface area contributed by atoms with E-state index in [0.717, 1.165) is 23.4 Å². The Hall–Kier alpha value is -3.62. The summed E-state index contributed by atoms with van der Waals surface area (Å²) in [5.74, 6) is -0.330. The van der Waals surface area contributed by atoms with Crippen molar-refractivity contribution in [2.75, 3.05) is 0 Å². The number of carbonyl (C=O) groups excluding carboxylic acids is 2. The lowest BCUT2D eigenvalue weighted by molar-refractivity contribution is -0.191. The molecule has 0 aliphatic heterocycles. The number of benzene rings is 2. The van der Waals surface area contributed by atoms with Crippen LogP contribution in [0.1, 0.15) is 11.3 Å². The fourth-order valence-electron chi connectivity index (χ4n) is 2.83. The third-order valence-electron chi connectivity index (χ3n) is 4.23. The standard InChI is InChI=1S/C20H13F4N3S.CO2/c1-12-17(14-3-2-4-16(21)9-14)10-27(26-12)19-25-18(11-28-19)13-5-7-15(8-6-13)20(22,23)24;2-1-3/h2-11H,1H3;. The number of thiazole rings is 1. The van der Waals surface area contributed by atoms with Gasteiger partial charge in [0.05, 0.1) is 17.0 Å². The first-order chi connectivity index (χ1) is 14.7. The van der Waals surface area contributed by atoms with E-state index in [1.165, 1.54) is 35.6 Å². The zero-order valence-electron chi connectivity index (χ0n) is 15.9. The first-order valence-electron chi connectivity index (χ1n) is 8.68. The van der Waals surface area contributed by atoms with Gasteiger partial charge in [-0.25, -0.2) is 14.1 Å². The van der Waals surface area contributed by atoms with Crippen LogP contribution >= 0.6 is 11.3 Å². The molecule has 0 amide bonds. The Morgan fingerprint density at radius 3 is 2.32 bits per heavy atom. The summed E-state index contributed by atoms with van der Waals surface area (Å²) < 4.78 is 53.2. The largest absolute Gasteiger partial charge is 0.416 e. The van der Waals surface area contributed by atoms with Crippen molar-refractivity contribution in [2.24, 2.45) is 0 Å². The number of hydrogen-bond acceptors (Lipinski definition) is 5. The Balaban J connectivity index is 0.000000858. The number of aromatic nitrogens is 3. The van der Waals surface area contributed by atoms with Crippen molar-refractivity contribution in [1.29, 1.82) is 0 Å². The smallest absolute Gasteiger partial charge is 0.218 e. The number of hydrogen-bond donors (Lipinski definition) is 0. The molecule has 4 rings (SSSR count). The average molecular weight is 447 g/mol. The van der Waals surface area contributed by atoms with E-state index in [9.17, 15) is 17.6 Å². The topological polar surface area (TPSA) is 64.8 Å². The predicted molar refractivity (Wildman–Crippen MR) is 105 cm³/mol. The van der Waals surface area contributed by atoms with Gasteiger partial charge in [-0.15, -0.1) is 11.3 Å². The Bertz CT molecular complexity index is 1220. The number of aryl methyl sites for hydroxylation is 1. The van der Waals surface area contributed by atoms with Crippen LogP contribution in [0, 0.1) is 12.7 Å². The van der Waals surface area contributed by atoms with Crippen LogP contribution < -0.4 is 0 Å². The highest BCUT2D eigenvalue weighted by molar-refractivity contribution is 7.12. The van der Waals surface area contributed by atoms with Crippen molar-refractivity contribution in [2.45, 2.75) is 13.1 Å². The highest BCUT2D eigenvalue weighted by atomic mass is 32.1. The molecule has 0 atom stereocenters. The lowest BCUT2D eigenvalue weighted by atomic mass is 10.1. The zero-order valence-corrected chi connectivity index (χ0v) is 16.7. The van der Waals surface area contributed by atoms with Crippen molar-refractivity contribution in [3.05, 3.63) is 77.2 Å². The van der Waals surface area contributed by atoms with Crippen LogP contribution in [0.25, 0.3) is 27.5 Å². The van der Waals surface area contributed by atoms with E-state index >= 15 is 0 Å². The monoisotopic (exact) mass is 447 g/mol. The van der Waals surface area contributed by atoms with Crippen molar-refractivity contribution < 1.29 is 27.2 Å². The molecule has 0 unspecified atom stereocenters. The minimum atomic E-state index is -4.37. The third kappa shape index (κ3) is 5.11. The van der Waals surface area contributed by atoms with Gasteiger partial charge in [-0.1, -0.05) is 24.3 Å². The van der Waals surface area contributed by atoms with E-state index in [1.54, 1.807) is 28.4 Å². The van der Waals surface area contributed by atoms with E-state index in [1.807, 2.05) is 6.92 Å². The summed E-state index contributed by atoms with van der Waals surface area (Å²) in [6.07, 6.45) is -2.36. The van der Waals surface area contributed by atoms with Crippen molar-refractivity contribution in [1.82, 2.24) is 14.8 Å². The minimum absolute atomic E-state index is 0.250. The van der Waals surface area contributed by atoms with Gasteiger partial charge in [0.15, 0.2) is 0 Å². The summed E-state index contributed by atoms with van der Waals surface area (Å²) in [6, 6.07) is 11.1. The molecule has 10 heteroatoms. The molecule has 31 heavy (non-hydrogen) atoms. The Morgan fingerprint density at radius 2 is 1.71 bits per heavy atom. The summed E-state index contributed by atoms with van der Waals surface area (Å²) in [6.45, 7) is 1.82. The molecule has 5 nitrogen and oxygen atoms in total. The quantitative estimate of drug-likeness (QED) is 0.387. The van der Waals surface area contributed by atoms with Crippen molar-refractivity contribution >= 4 is 17.5 Å². The van der Waals surface area contributed by atoms with Gasteiger partial charge in [0, 0.05) is 22.7 Å². The molecule has 0 radical (unpaired) electrons. The second-order valence-corrected chi connectivity index (χ2v) is 7.09. The Labute approximate surface area is 177 Å². The molecule has 0 bridgehead atoms. The maximum atomic E-state index is 13.5. The second-order valence-electron chi connectivity index (χ2n) is 6.26. The van der Waals surface area contributed by atoms with Gasteiger partial charge in [0.2, 0.25) is 5.13 Å². The highest BCUT2D eigenvalue weighted by Crippen LogP contribution is 2.32. The van der Waals surface area contributed by atoms with Crippen molar-refractivity contribution in [3.8, 4) is 27.5 Å². The summed E-state index contributed by atoms with van der Waals surface area (Å²) in [4.78, 5) is 20.7. The van der Waals surface area contributed by atoms with Crippen LogP contribution in [0.5, 0.6) is 0 Å². The number of rotatable bonds is 3. The van der Waals surface area contributed by atoms with Crippen molar-refractivity contribution in [3.63, 3.8) is 0 Å². The molecular weight excluding hydrogens is 434 g/mol. The average Bonchev–Trinajstić information content (AvgIpc) is 3.35. The second kappa shape index (κ2) is 9.03. The third-order valence-corrected chi connectivity index (χ3v) is 5.06. The number of halogens is 4. The summed E-state index contributed by atoms with van der Waals surface area (Å²) in [5.41, 5.74) is 2.67. The molecular formula is C21H13F4N3O2S. The summed E-state index contributed by atoms with van der Waals surface area (Å²) in [5, 5.41) is 6.76. The van der Waals surface area contributed by atoms with Gasteiger partial charge in [0.25, 0.3) is 0 Å². The van der Waals surface area contributed by atoms with E-state index in [-0.39, 0.29) is 12.0 Å². The van der Waals surface area contributed by atoms with Gasteiger partial charge in [-0.05, 0) is 36.8 Å². The molecule has 0 spiro atoms. The van der Waals surface area contributed by atoms with E-state index in [4.69, 9.17) is 9.59 Å². The van der Waals surface area contributed by atoms with Crippen LogP contribution in [0.4, 0.5) is 17.6 Å². The molecule has 2 aromatic heterocycles. The van der Waals surface area contributed by atoms with E-state index in [0.29, 0.717) is 22.0 Å². The maximum absolute atomic E-state index is 13.5. The summed E-state index contributed by atoms with van der Waals surface area (Å²) >= 11 is 1.32. The normalized spacial score (nSPS) is 10.9. The maximum Gasteiger partial charge on any atom is 0.416 e. The number of nitrogens with zero attached hydrogens (tertiary/aromatic N) is 3. The predicted octanol–water partition coefficient (Wildman–Crippen LogP) is 5.55. The molecule has 0 aliphatic rings. The van der Waals surface area contributed by atoms with Gasteiger partial charge in [-0.2, -0.15) is 27.9 Å². The fraction of sp³-hybridized carbons (Fsp3) is 0.0952. The molecule has 158 valence electrons. The SMILES string of the molecule is Cc1nn(-c2nc(-c3ccc(C(F)(F)F)cc3)cs2)cc1-c1cccc(F)c1.O=C=O. The molecule has 0 saturated heterocycles. The lowest BCUT2D eigenvalue weighted by Gasteiger charge is -2.06. The Morgan fingerprint density at radius 1 is 1.03 bits per heavy atom. The zero-order chi connectivity index (χ0) is 22.6. The Kier molecular flexibility index (Phi) is 6.43. The van der Waals surface area contributed by atoms with Gasteiger partial charge >= 0.3 is 12.3 Å². The molecule has 2 aromatic carbocycles. The molecule has 0 N–H and O–H groups in total. The summed E-state index contributed by atoms with van der Waals surface area (Å²) in [7, 11) is 0. The van der Waals surface area contributed by atoms with Gasteiger partial charge in [-0.3, -0.25) is 0 Å². The minimum Gasteiger partial charge on any atom is -0.218 e. The molecule has 0 saturated carbocycles. The van der Waals surface area contributed by atoms with Crippen LogP contribution in [0.3, 0.4) is 0 Å². The molecule has 0 fully saturated rings. The van der Waals surface area contributed by atoms with Gasteiger partial charge in [0.1, 0.15) is 5.82 Å². The van der Waals surface area contributed by atoms with E-state index in [2.05, 4.69) is 10.1 Å². The first kappa shape index (κ1) is 22.1. The molecule has 4 aromatic rings. The number of alkyl halides is 3.